The molecule has 2 N–H and O–H groups in total. The van der Waals surface area contributed by atoms with E-state index in [0.717, 1.165) is 19.0 Å². The molecule has 15 heavy (non-hydrogen) atoms. The summed E-state index contributed by atoms with van der Waals surface area (Å²) in [7, 11) is 0. The van der Waals surface area contributed by atoms with Gasteiger partial charge in [-0.15, -0.1) is 0 Å². The molecule has 86 valence electrons. The van der Waals surface area contributed by atoms with E-state index in [4.69, 9.17) is 0 Å². The summed E-state index contributed by atoms with van der Waals surface area (Å²) in [6.45, 7) is 6.34. The molecule has 3 nitrogen and oxygen atoms in total. The lowest BCUT2D eigenvalue weighted by atomic mass is 9.88. The van der Waals surface area contributed by atoms with E-state index in [-0.39, 0.29) is 11.8 Å². The van der Waals surface area contributed by atoms with E-state index in [1.807, 2.05) is 0 Å². The van der Waals surface area contributed by atoms with E-state index in [1.54, 1.807) is 0 Å². The van der Waals surface area contributed by atoms with Crippen molar-refractivity contribution in [3.05, 3.63) is 0 Å². The van der Waals surface area contributed by atoms with Crippen LogP contribution in [-0.2, 0) is 4.79 Å². The summed E-state index contributed by atoms with van der Waals surface area (Å²) in [6.07, 6.45) is 3.61. The maximum absolute atomic E-state index is 11.9. The lowest BCUT2D eigenvalue weighted by Crippen LogP contribution is -2.50. The fourth-order valence-electron chi connectivity index (χ4n) is 2.55. The Morgan fingerprint density at radius 2 is 2.13 bits per heavy atom. The minimum Gasteiger partial charge on any atom is -0.353 e. The summed E-state index contributed by atoms with van der Waals surface area (Å²) in [5.74, 6) is 1.79. The van der Waals surface area contributed by atoms with Crippen LogP contribution in [0, 0.1) is 17.8 Å². The van der Waals surface area contributed by atoms with Gasteiger partial charge < -0.3 is 10.6 Å². The molecule has 0 aromatic rings. The fourth-order valence-corrected chi connectivity index (χ4v) is 2.55. The van der Waals surface area contributed by atoms with Crippen LogP contribution < -0.4 is 10.6 Å². The molecule has 3 atom stereocenters. The highest BCUT2D eigenvalue weighted by Crippen LogP contribution is 2.25. The van der Waals surface area contributed by atoms with Gasteiger partial charge in [-0.3, -0.25) is 4.79 Å². The van der Waals surface area contributed by atoms with Crippen molar-refractivity contribution in [2.75, 3.05) is 13.1 Å². The SMILES string of the molecule is CC1CCC(NC(=O)C(C)C2CNC2)C1. The Hall–Kier alpha value is -0.570. The van der Waals surface area contributed by atoms with E-state index < -0.39 is 0 Å². The van der Waals surface area contributed by atoms with Crippen molar-refractivity contribution in [2.45, 2.75) is 39.2 Å². The van der Waals surface area contributed by atoms with Crippen LogP contribution in [0.25, 0.3) is 0 Å². The second-order valence-corrected chi connectivity index (χ2v) is 5.33. The van der Waals surface area contributed by atoms with Crippen LogP contribution in [0.3, 0.4) is 0 Å². The standard InChI is InChI=1S/C12H22N2O/c1-8-3-4-11(5-8)14-12(15)9(2)10-6-13-7-10/h8-11,13H,3-7H2,1-2H3,(H,14,15). The fraction of sp³-hybridized carbons (Fsp3) is 0.917. The topological polar surface area (TPSA) is 41.1 Å². The molecule has 0 bridgehead atoms. The average Bonchev–Trinajstić information content (AvgIpc) is 2.48. The number of carbonyl (C=O) groups excluding carboxylic acids is 1. The van der Waals surface area contributed by atoms with Crippen molar-refractivity contribution < 1.29 is 4.79 Å². The second kappa shape index (κ2) is 4.52. The van der Waals surface area contributed by atoms with Gasteiger partial charge in [-0.25, -0.2) is 0 Å². The highest BCUT2D eigenvalue weighted by Gasteiger charge is 2.31. The third kappa shape index (κ3) is 2.51. The van der Waals surface area contributed by atoms with Gasteiger partial charge in [-0.1, -0.05) is 13.8 Å². The van der Waals surface area contributed by atoms with Crippen molar-refractivity contribution >= 4 is 5.91 Å². The molecule has 0 spiro atoms. The van der Waals surface area contributed by atoms with Crippen molar-refractivity contribution in [3.8, 4) is 0 Å². The second-order valence-electron chi connectivity index (χ2n) is 5.33. The van der Waals surface area contributed by atoms with Crippen LogP contribution in [0.1, 0.15) is 33.1 Å². The van der Waals surface area contributed by atoms with Gasteiger partial charge in [0, 0.05) is 12.0 Å². The molecule has 0 radical (unpaired) electrons. The van der Waals surface area contributed by atoms with Crippen LogP contribution in [-0.4, -0.2) is 25.0 Å². The zero-order chi connectivity index (χ0) is 10.8. The van der Waals surface area contributed by atoms with Crippen molar-refractivity contribution in [3.63, 3.8) is 0 Å². The molecular weight excluding hydrogens is 188 g/mol. The molecule has 2 rings (SSSR count). The van der Waals surface area contributed by atoms with E-state index >= 15 is 0 Å². The Labute approximate surface area is 92.0 Å². The number of hydrogen-bond acceptors (Lipinski definition) is 2. The lowest BCUT2D eigenvalue weighted by molar-refractivity contribution is -0.127. The smallest absolute Gasteiger partial charge is 0.223 e. The zero-order valence-electron chi connectivity index (χ0n) is 9.75. The van der Waals surface area contributed by atoms with Gasteiger partial charge in [0.1, 0.15) is 0 Å². The van der Waals surface area contributed by atoms with Crippen LogP contribution >= 0.6 is 0 Å². The molecule has 0 aromatic carbocycles. The number of nitrogens with one attached hydrogen (secondary N) is 2. The summed E-state index contributed by atoms with van der Waals surface area (Å²) in [4.78, 5) is 11.9. The maximum atomic E-state index is 11.9. The van der Waals surface area contributed by atoms with Crippen molar-refractivity contribution in [2.24, 2.45) is 17.8 Å². The molecule has 2 aliphatic rings. The molecular formula is C12H22N2O. The number of rotatable bonds is 3. The third-order valence-electron chi connectivity index (χ3n) is 3.97. The van der Waals surface area contributed by atoms with Crippen LogP contribution in [0.4, 0.5) is 0 Å². The van der Waals surface area contributed by atoms with Gasteiger partial charge in [-0.05, 0) is 44.2 Å². The highest BCUT2D eigenvalue weighted by atomic mass is 16.1. The summed E-state index contributed by atoms with van der Waals surface area (Å²) >= 11 is 0. The highest BCUT2D eigenvalue weighted by molar-refractivity contribution is 5.79. The first kappa shape index (κ1) is 10.9. The maximum Gasteiger partial charge on any atom is 0.223 e. The molecule has 0 aromatic heterocycles. The summed E-state index contributed by atoms with van der Waals surface area (Å²) in [5, 5.41) is 6.41. The average molecular weight is 210 g/mol. The summed E-state index contributed by atoms with van der Waals surface area (Å²) in [5.41, 5.74) is 0. The number of hydrogen-bond donors (Lipinski definition) is 2. The molecule has 1 saturated carbocycles. The molecule has 1 aliphatic heterocycles. The van der Waals surface area contributed by atoms with Gasteiger partial charge in [0.25, 0.3) is 0 Å². The first-order chi connectivity index (χ1) is 7.16. The minimum absolute atomic E-state index is 0.183. The van der Waals surface area contributed by atoms with Gasteiger partial charge >= 0.3 is 0 Å². The van der Waals surface area contributed by atoms with Gasteiger partial charge in [-0.2, -0.15) is 0 Å². The van der Waals surface area contributed by atoms with E-state index in [9.17, 15) is 4.79 Å². The zero-order valence-corrected chi connectivity index (χ0v) is 9.75. The summed E-state index contributed by atoms with van der Waals surface area (Å²) in [6, 6.07) is 0.447. The monoisotopic (exact) mass is 210 g/mol. The molecule has 2 fully saturated rings. The van der Waals surface area contributed by atoms with Crippen LogP contribution in [0.5, 0.6) is 0 Å². The summed E-state index contributed by atoms with van der Waals surface area (Å²) < 4.78 is 0. The van der Waals surface area contributed by atoms with Crippen molar-refractivity contribution in [1.82, 2.24) is 10.6 Å². The molecule has 3 unspecified atom stereocenters. The van der Waals surface area contributed by atoms with Gasteiger partial charge in [0.2, 0.25) is 5.91 Å². The van der Waals surface area contributed by atoms with E-state index in [0.29, 0.717) is 12.0 Å². The molecule has 1 saturated heterocycles. The Bertz CT molecular complexity index is 238. The predicted octanol–water partition coefficient (Wildman–Crippen LogP) is 1.15. The lowest BCUT2D eigenvalue weighted by Gasteiger charge is -2.32. The van der Waals surface area contributed by atoms with E-state index in [2.05, 4.69) is 24.5 Å². The third-order valence-corrected chi connectivity index (χ3v) is 3.97. The van der Waals surface area contributed by atoms with Crippen molar-refractivity contribution in [1.29, 1.82) is 0 Å². The molecule has 1 heterocycles. The quantitative estimate of drug-likeness (QED) is 0.733. The van der Waals surface area contributed by atoms with Crippen LogP contribution in [0.15, 0.2) is 0 Å². The van der Waals surface area contributed by atoms with Crippen LogP contribution in [0.2, 0.25) is 0 Å². The normalized spacial score (nSPS) is 33.5. The predicted molar refractivity (Wildman–Crippen MR) is 60.5 cm³/mol. The molecule has 1 aliphatic carbocycles. The molecule has 3 heteroatoms. The van der Waals surface area contributed by atoms with E-state index in [1.165, 1.54) is 19.3 Å². The van der Waals surface area contributed by atoms with Gasteiger partial charge in [0.15, 0.2) is 0 Å². The number of carbonyl (C=O) groups is 1. The van der Waals surface area contributed by atoms with Gasteiger partial charge in [0.05, 0.1) is 0 Å². The molecule has 1 amide bonds. The number of amides is 1. The Kier molecular flexibility index (Phi) is 3.29. The Balaban J connectivity index is 1.76. The first-order valence-corrected chi connectivity index (χ1v) is 6.18. The minimum atomic E-state index is 0.183. The Morgan fingerprint density at radius 3 is 2.60 bits per heavy atom. The Morgan fingerprint density at radius 1 is 1.40 bits per heavy atom. The first-order valence-electron chi connectivity index (χ1n) is 6.18. The largest absolute Gasteiger partial charge is 0.353 e.